The zero-order valence-corrected chi connectivity index (χ0v) is 21.8. The van der Waals surface area contributed by atoms with Gasteiger partial charge in [0.05, 0.1) is 43.3 Å². The fraction of sp³-hybridized carbons (Fsp3) is 0.345. The van der Waals surface area contributed by atoms with Gasteiger partial charge >= 0.3 is 11.9 Å². The Bertz CT molecular complexity index is 1290. The van der Waals surface area contributed by atoms with E-state index in [2.05, 4.69) is 18.3 Å². The normalized spacial score (nSPS) is 16.9. The number of methoxy groups -OCH3 is 2. The third kappa shape index (κ3) is 5.57. The van der Waals surface area contributed by atoms with Crippen molar-refractivity contribution in [2.75, 3.05) is 26.5 Å². The van der Waals surface area contributed by atoms with Gasteiger partial charge in [-0.15, -0.1) is 11.8 Å². The minimum atomic E-state index is -0.341. The van der Waals surface area contributed by atoms with Crippen molar-refractivity contribution in [3.8, 4) is 0 Å². The third-order valence-corrected chi connectivity index (χ3v) is 7.86. The summed E-state index contributed by atoms with van der Waals surface area (Å²) < 4.78 is 10.00. The number of fused-ring (bicyclic) bond motifs is 1. The zero-order valence-electron chi connectivity index (χ0n) is 21.0. The summed E-state index contributed by atoms with van der Waals surface area (Å²) in [6.45, 7) is 2.82. The van der Waals surface area contributed by atoms with Gasteiger partial charge in [0.25, 0.3) is 0 Å². The van der Waals surface area contributed by atoms with Crippen molar-refractivity contribution in [1.29, 1.82) is 0 Å². The number of benzene rings is 3. The first-order valence-corrected chi connectivity index (χ1v) is 13.2. The molecular weight excluding hydrogens is 472 g/mol. The maximum Gasteiger partial charge on any atom is 0.338 e. The van der Waals surface area contributed by atoms with Crippen LogP contribution in [0.4, 0.5) is 0 Å². The smallest absolute Gasteiger partial charge is 0.338 e. The number of thioether (sulfide) groups is 1. The first-order valence-electron chi connectivity index (χ1n) is 12.2. The minimum absolute atomic E-state index is 0.327. The largest absolute Gasteiger partial charge is 0.465 e. The van der Waals surface area contributed by atoms with Crippen molar-refractivity contribution in [2.45, 2.75) is 43.0 Å². The number of carbonyl (C=O) groups excluding carboxylic acids is 2. The van der Waals surface area contributed by atoms with Gasteiger partial charge in [-0.25, -0.2) is 9.59 Å². The summed E-state index contributed by atoms with van der Waals surface area (Å²) in [6.07, 6.45) is 3.83. The van der Waals surface area contributed by atoms with Crippen molar-refractivity contribution in [1.82, 2.24) is 5.32 Å². The van der Waals surface area contributed by atoms with E-state index in [-0.39, 0.29) is 17.5 Å². The second kappa shape index (κ2) is 11.6. The van der Waals surface area contributed by atoms with Gasteiger partial charge in [-0.1, -0.05) is 55.8 Å². The van der Waals surface area contributed by atoms with Crippen molar-refractivity contribution in [3.63, 3.8) is 0 Å². The summed E-state index contributed by atoms with van der Waals surface area (Å²) in [4.78, 5) is 30.4. The summed E-state index contributed by atoms with van der Waals surface area (Å²) in [5, 5.41) is 5.67. The van der Waals surface area contributed by atoms with Crippen molar-refractivity contribution < 1.29 is 19.1 Å². The summed E-state index contributed by atoms with van der Waals surface area (Å²) in [6, 6.07) is 19.4. The van der Waals surface area contributed by atoms with Gasteiger partial charge in [-0.3, -0.25) is 4.99 Å². The van der Waals surface area contributed by atoms with E-state index in [0.717, 1.165) is 52.8 Å². The number of nitrogens with zero attached hydrogens (tertiary/aromatic N) is 1. The van der Waals surface area contributed by atoms with Gasteiger partial charge in [-0.2, -0.15) is 0 Å². The number of aliphatic imine (C=N–C) groups is 1. The lowest BCUT2D eigenvalue weighted by molar-refractivity contribution is 0.0590. The second-order valence-corrected chi connectivity index (χ2v) is 10.1. The molecular formula is C29H32N2O4S. The maximum atomic E-state index is 12.4. The Morgan fingerprint density at radius 2 is 1.64 bits per heavy atom. The van der Waals surface area contributed by atoms with Crippen molar-refractivity contribution >= 4 is 40.3 Å². The second-order valence-electron chi connectivity index (χ2n) is 9.03. The van der Waals surface area contributed by atoms with E-state index in [1.807, 2.05) is 48.5 Å². The number of rotatable bonds is 10. The predicted octanol–water partition coefficient (Wildman–Crippen LogP) is 5.68. The Balaban J connectivity index is 1.66. The van der Waals surface area contributed by atoms with Crippen LogP contribution in [0.5, 0.6) is 0 Å². The van der Waals surface area contributed by atoms with Crippen LogP contribution in [0.25, 0.3) is 10.8 Å². The molecule has 1 aliphatic rings. The highest BCUT2D eigenvalue weighted by atomic mass is 32.2. The molecule has 0 aliphatic carbocycles. The van der Waals surface area contributed by atoms with Gasteiger partial charge in [-0.05, 0) is 47.4 Å². The van der Waals surface area contributed by atoms with Crippen LogP contribution in [0.2, 0.25) is 0 Å². The van der Waals surface area contributed by atoms with Crippen LogP contribution >= 0.6 is 11.8 Å². The summed E-state index contributed by atoms with van der Waals surface area (Å²) in [5.41, 5.74) is 1.94. The highest BCUT2D eigenvalue weighted by Gasteiger charge is 2.36. The lowest BCUT2D eigenvalue weighted by Crippen LogP contribution is -2.50. The van der Waals surface area contributed by atoms with Gasteiger partial charge in [0.2, 0.25) is 0 Å². The van der Waals surface area contributed by atoms with Gasteiger partial charge in [0.1, 0.15) is 0 Å². The van der Waals surface area contributed by atoms with Gasteiger partial charge in [0, 0.05) is 17.1 Å². The SMILES string of the molecule is CCCCC1=NCC(CSc2ccccc2C(=O)OC)(Cc2ccc(C(=O)OC)c3ccccc23)N1. The van der Waals surface area contributed by atoms with E-state index in [1.54, 1.807) is 17.8 Å². The Kier molecular flexibility index (Phi) is 8.31. The highest BCUT2D eigenvalue weighted by molar-refractivity contribution is 7.99. The Labute approximate surface area is 216 Å². The van der Waals surface area contributed by atoms with E-state index in [0.29, 0.717) is 23.4 Å². The monoisotopic (exact) mass is 504 g/mol. The third-order valence-electron chi connectivity index (χ3n) is 6.49. The standard InChI is InChI=1S/C29H32N2O4S/c1-4-5-14-26-30-18-29(31-26,19-36-25-13-9-8-12-24(25)28(33)35-3)17-20-15-16-23(27(32)34-2)22-11-7-6-10-21(20)22/h6-13,15-16H,4-5,14,17-19H2,1-3H3,(H,30,31). The molecule has 0 aromatic heterocycles. The molecule has 1 aliphatic heterocycles. The molecule has 1 heterocycles. The number of nitrogens with one attached hydrogen (secondary N) is 1. The molecule has 7 heteroatoms. The summed E-state index contributed by atoms with van der Waals surface area (Å²) in [5.74, 6) is 1.07. The number of hydrogen-bond donors (Lipinski definition) is 1. The van der Waals surface area contributed by atoms with Crippen LogP contribution in [-0.2, 0) is 15.9 Å². The van der Waals surface area contributed by atoms with Crippen LogP contribution in [0.15, 0.2) is 70.6 Å². The van der Waals surface area contributed by atoms with E-state index < -0.39 is 0 Å². The van der Waals surface area contributed by atoms with E-state index >= 15 is 0 Å². The lowest BCUT2D eigenvalue weighted by atomic mass is 9.89. The maximum absolute atomic E-state index is 12.4. The van der Waals surface area contributed by atoms with Crippen LogP contribution in [0, 0.1) is 0 Å². The van der Waals surface area contributed by atoms with E-state index in [4.69, 9.17) is 14.5 Å². The number of ether oxygens (including phenoxy) is 2. The van der Waals surface area contributed by atoms with Crippen LogP contribution in [-0.4, -0.2) is 49.8 Å². The van der Waals surface area contributed by atoms with Crippen LogP contribution < -0.4 is 5.32 Å². The predicted molar refractivity (Wildman–Crippen MR) is 145 cm³/mol. The highest BCUT2D eigenvalue weighted by Crippen LogP contribution is 2.33. The number of amidine groups is 1. The first kappa shape index (κ1) is 25.8. The molecule has 0 amide bonds. The van der Waals surface area contributed by atoms with Crippen LogP contribution in [0.1, 0.15) is 52.5 Å². The molecule has 188 valence electrons. The average Bonchev–Trinajstić information content (AvgIpc) is 3.33. The molecule has 0 saturated heterocycles. The molecule has 4 rings (SSSR count). The minimum Gasteiger partial charge on any atom is -0.465 e. The quantitative estimate of drug-likeness (QED) is 0.283. The van der Waals surface area contributed by atoms with Crippen molar-refractivity contribution in [2.24, 2.45) is 4.99 Å². The lowest BCUT2D eigenvalue weighted by Gasteiger charge is -2.31. The molecule has 0 fully saturated rings. The number of hydrogen-bond acceptors (Lipinski definition) is 7. The van der Waals surface area contributed by atoms with Crippen LogP contribution in [0.3, 0.4) is 0 Å². The Morgan fingerprint density at radius 3 is 2.39 bits per heavy atom. The first-order chi connectivity index (χ1) is 17.5. The van der Waals surface area contributed by atoms with Crippen molar-refractivity contribution in [3.05, 3.63) is 77.4 Å². The summed E-state index contributed by atoms with van der Waals surface area (Å²) >= 11 is 1.64. The number of unbranched alkanes of at least 4 members (excludes halogenated alkanes) is 1. The number of esters is 2. The number of carbonyl (C=O) groups is 2. The van der Waals surface area contributed by atoms with Gasteiger partial charge < -0.3 is 14.8 Å². The van der Waals surface area contributed by atoms with E-state index in [9.17, 15) is 9.59 Å². The molecule has 3 aromatic carbocycles. The fourth-order valence-corrected chi connectivity index (χ4v) is 5.78. The average molecular weight is 505 g/mol. The fourth-order valence-electron chi connectivity index (χ4n) is 4.61. The topological polar surface area (TPSA) is 77.0 Å². The van der Waals surface area contributed by atoms with Gasteiger partial charge in [0.15, 0.2) is 0 Å². The zero-order chi connectivity index (χ0) is 25.5. The molecule has 0 radical (unpaired) electrons. The molecule has 1 atom stereocenters. The Hall–Kier alpha value is -3.32. The Morgan fingerprint density at radius 1 is 0.944 bits per heavy atom. The molecule has 3 aromatic rings. The molecule has 0 bridgehead atoms. The summed E-state index contributed by atoms with van der Waals surface area (Å²) in [7, 11) is 2.81. The molecule has 1 unspecified atom stereocenters. The van der Waals surface area contributed by atoms with E-state index in [1.165, 1.54) is 14.2 Å². The molecule has 0 saturated carbocycles. The molecule has 1 N–H and O–H groups in total. The molecule has 36 heavy (non-hydrogen) atoms. The molecule has 0 spiro atoms. The molecule has 6 nitrogen and oxygen atoms in total.